The maximum atomic E-state index is 13.0. The van der Waals surface area contributed by atoms with Crippen molar-refractivity contribution in [2.24, 2.45) is 0 Å². The van der Waals surface area contributed by atoms with Crippen LogP contribution in [0, 0.1) is 12.7 Å². The first-order valence-corrected chi connectivity index (χ1v) is 6.62. The van der Waals surface area contributed by atoms with Crippen LogP contribution in [-0.4, -0.2) is 14.2 Å². The van der Waals surface area contributed by atoms with Crippen molar-refractivity contribution in [3.63, 3.8) is 0 Å². The lowest BCUT2D eigenvalue weighted by Gasteiger charge is -2.17. The zero-order valence-electron chi connectivity index (χ0n) is 11.6. The van der Waals surface area contributed by atoms with Crippen molar-refractivity contribution in [2.75, 3.05) is 14.2 Å². The fraction of sp³-hybridized carbons (Fsp3) is 0.250. The van der Waals surface area contributed by atoms with Gasteiger partial charge in [0.05, 0.1) is 19.6 Å². The van der Waals surface area contributed by atoms with Crippen LogP contribution in [0.3, 0.4) is 0 Å². The predicted octanol–water partition coefficient (Wildman–Crippen LogP) is 4.48. The standard InChI is InChI=1S/C16H16ClFO2/c1-10-8-14(19-2)15(20-3)9-13(10)16(17)11-4-6-12(18)7-5-11/h4-9,16H,1-3H3. The van der Waals surface area contributed by atoms with Crippen molar-refractivity contribution in [3.05, 3.63) is 58.9 Å². The molecule has 0 bridgehead atoms. The molecule has 0 radical (unpaired) electrons. The molecule has 2 aromatic carbocycles. The summed E-state index contributed by atoms with van der Waals surface area (Å²) in [4.78, 5) is 0. The lowest BCUT2D eigenvalue weighted by molar-refractivity contribution is 0.354. The summed E-state index contributed by atoms with van der Waals surface area (Å²) in [6.45, 7) is 1.95. The Morgan fingerprint density at radius 1 is 1.00 bits per heavy atom. The van der Waals surface area contributed by atoms with E-state index in [1.165, 1.54) is 12.1 Å². The van der Waals surface area contributed by atoms with Gasteiger partial charge in [-0.1, -0.05) is 12.1 Å². The predicted molar refractivity (Wildman–Crippen MR) is 78.4 cm³/mol. The van der Waals surface area contributed by atoms with Crippen LogP contribution in [0.1, 0.15) is 22.1 Å². The van der Waals surface area contributed by atoms with Crippen LogP contribution in [0.25, 0.3) is 0 Å². The van der Waals surface area contributed by atoms with Crippen LogP contribution < -0.4 is 9.47 Å². The molecule has 0 aliphatic rings. The van der Waals surface area contributed by atoms with Crippen LogP contribution >= 0.6 is 11.6 Å². The molecule has 0 fully saturated rings. The summed E-state index contributed by atoms with van der Waals surface area (Å²) < 4.78 is 23.5. The highest BCUT2D eigenvalue weighted by atomic mass is 35.5. The molecule has 0 spiro atoms. The number of rotatable bonds is 4. The van der Waals surface area contributed by atoms with Gasteiger partial charge in [0.15, 0.2) is 11.5 Å². The van der Waals surface area contributed by atoms with E-state index in [-0.39, 0.29) is 11.2 Å². The molecular formula is C16H16ClFO2. The summed E-state index contributed by atoms with van der Waals surface area (Å²) in [5, 5.41) is -0.365. The van der Waals surface area contributed by atoms with Gasteiger partial charge in [-0.3, -0.25) is 0 Å². The SMILES string of the molecule is COc1cc(C)c(C(Cl)c2ccc(F)cc2)cc1OC. The molecule has 0 aromatic heterocycles. The van der Waals surface area contributed by atoms with Gasteiger partial charge in [-0.25, -0.2) is 4.39 Å². The zero-order valence-corrected chi connectivity index (χ0v) is 12.4. The molecular weight excluding hydrogens is 279 g/mol. The van der Waals surface area contributed by atoms with E-state index >= 15 is 0 Å². The van der Waals surface area contributed by atoms with Gasteiger partial charge >= 0.3 is 0 Å². The molecule has 0 N–H and O–H groups in total. The fourth-order valence-corrected chi connectivity index (χ4v) is 2.46. The van der Waals surface area contributed by atoms with E-state index in [1.807, 2.05) is 19.1 Å². The number of hydrogen-bond donors (Lipinski definition) is 0. The lowest BCUT2D eigenvalue weighted by atomic mass is 9.99. The van der Waals surface area contributed by atoms with E-state index in [1.54, 1.807) is 26.4 Å². The average molecular weight is 295 g/mol. The third-order valence-electron chi connectivity index (χ3n) is 3.21. The van der Waals surface area contributed by atoms with Gasteiger partial charge in [-0.05, 0) is 47.9 Å². The zero-order chi connectivity index (χ0) is 14.7. The monoisotopic (exact) mass is 294 g/mol. The first kappa shape index (κ1) is 14.7. The number of ether oxygens (including phenoxy) is 2. The van der Waals surface area contributed by atoms with Crippen molar-refractivity contribution in [1.82, 2.24) is 0 Å². The molecule has 0 aliphatic heterocycles. The van der Waals surface area contributed by atoms with Gasteiger partial charge in [-0.15, -0.1) is 11.6 Å². The van der Waals surface area contributed by atoms with E-state index in [4.69, 9.17) is 21.1 Å². The molecule has 2 aromatic rings. The molecule has 20 heavy (non-hydrogen) atoms. The average Bonchev–Trinajstić information content (AvgIpc) is 2.47. The van der Waals surface area contributed by atoms with Crippen molar-refractivity contribution >= 4 is 11.6 Å². The number of halogens is 2. The number of alkyl halides is 1. The van der Waals surface area contributed by atoms with Crippen LogP contribution in [0.5, 0.6) is 11.5 Å². The van der Waals surface area contributed by atoms with Gasteiger partial charge in [0, 0.05) is 0 Å². The maximum absolute atomic E-state index is 13.0. The lowest BCUT2D eigenvalue weighted by Crippen LogP contribution is -2.00. The summed E-state index contributed by atoms with van der Waals surface area (Å²) in [5.41, 5.74) is 2.74. The van der Waals surface area contributed by atoms with Gasteiger partial charge in [0.2, 0.25) is 0 Å². The Bertz CT molecular complexity index is 596. The quantitative estimate of drug-likeness (QED) is 0.774. The Labute approximate surface area is 123 Å². The van der Waals surface area contributed by atoms with Gasteiger partial charge < -0.3 is 9.47 Å². The molecule has 1 atom stereocenters. The topological polar surface area (TPSA) is 18.5 Å². The maximum Gasteiger partial charge on any atom is 0.161 e. The normalized spacial score (nSPS) is 12.1. The highest BCUT2D eigenvalue weighted by Crippen LogP contribution is 2.37. The van der Waals surface area contributed by atoms with E-state index in [9.17, 15) is 4.39 Å². The molecule has 0 saturated carbocycles. The minimum atomic E-state index is -0.365. The molecule has 0 saturated heterocycles. The van der Waals surface area contributed by atoms with Crippen LogP contribution in [0.4, 0.5) is 4.39 Å². The Kier molecular flexibility index (Phi) is 4.50. The summed E-state index contributed by atoms with van der Waals surface area (Å²) >= 11 is 6.49. The second-order valence-electron chi connectivity index (χ2n) is 4.48. The third-order valence-corrected chi connectivity index (χ3v) is 3.70. The van der Waals surface area contributed by atoms with Gasteiger partial charge in [-0.2, -0.15) is 0 Å². The molecule has 106 valence electrons. The van der Waals surface area contributed by atoms with Crippen molar-refractivity contribution in [3.8, 4) is 11.5 Å². The second-order valence-corrected chi connectivity index (χ2v) is 4.91. The highest BCUT2D eigenvalue weighted by Gasteiger charge is 2.17. The first-order valence-electron chi connectivity index (χ1n) is 6.19. The molecule has 0 amide bonds. The minimum absolute atomic E-state index is 0.276. The molecule has 2 rings (SSSR count). The van der Waals surface area contributed by atoms with E-state index in [0.717, 1.165) is 16.7 Å². The molecule has 2 nitrogen and oxygen atoms in total. The summed E-state index contributed by atoms with van der Waals surface area (Å²) in [6.07, 6.45) is 0. The summed E-state index contributed by atoms with van der Waals surface area (Å²) in [5.74, 6) is 1.01. The fourth-order valence-electron chi connectivity index (χ4n) is 2.08. The molecule has 4 heteroatoms. The van der Waals surface area contributed by atoms with Crippen molar-refractivity contribution in [2.45, 2.75) is 12.3 Å². The van der Waals surface area contributed by atoms with Crippen LogP contribution in [-0.2, 0) is 0 Å². The summed E-state index contributed by atoms with van der Waals surface area (Å²) in [6, 6.07) is 9.91. The second kappa shape index (κ2) is 6.14. The van der Waals surface area contributed by atoms with E-state index in [0.29, 0.717) is 11.5 Å². The number of benzene rings is 2. The third kappa shape index (κ3) is 2.88. The van der Waals surface area contributed by atoms with E-state index < -0.39 is 0 Å². The molecule has 0 heterocycles. The smallest absolute Gasteiger partial charge is 0.161 e. The largest absolute Gasteiger partial charge is 0.493 e. The van der Waals surface area contributed by atoms with Crippen molar-refractivity contribution in [1.29, 1.82) is 0 Å². The van der Waals surface area contributed by atoms with Crippen molar-refractivity contribution < 1.29 is 13.9 Å². The Morgan fingerprint density at radius 3 is 2.10 bits per heavy atom. The Balaban J connectivity index is 2.43. The summed E-state index contributed by atoms with van der Waals surface area (Å²) in [7, 11) is 3.17. The molecule has 1 unspecified atom stereocenters. The number of aryl methyl sites for hydroxylation is 1. The molecule has 0 aliphatic carbocycles. The van der Waals surface area contributed by atoms with Crippen LogP contribution in [0.2, 0.25) is 0 Å². The number of methoxy groups -OCH3 is 2. The Morgan fingerprint density at radius 2 is 1.55 bits per heavy atom. The van der Waals surface area contributed by atoms with Crippen LogP contribution in [0.15, 0.2) is 36.4 Å². The van der Waals surface area contributed by atoms with E-state index in [2.05, 4.69) is 0 Å². The highest BCUT2D eigenvalue weighted by molar-refractivity contribution is 6.22. The van der Waals surface area contributed by atoms with Gasteiger partial charge in [0.1, 0.15) is 5.82 Å². The number of hydrogen-bond acceptors (Lipinski definition) is 2. The first-order chi connectivity index (χ1) is 9.56. The minimum Gasteiger partial charge on any atom is -0.493 e. The Hall–Kier alpha value is -1.74. The van der Waals surface area contributed by atoms with Gasteiger partial charge in [0.25, 0.3) is 0 Å².